The Morgan fingerprint density at radius 3 is 2.58 bits per heavy atom. The Hall–Kier alpha value is -2.12. The summed E-state index contributed by atoms with van der Waals surface area (Å²) in [5.41, 5.74) is 0.413. The molecule has 0 bridgehead atoms. The van der Waals surface area contributed by atoms with Crippen molar-refractivity contribution < 1.29 is 13.2 Å². The molecule has 19 heavy (non-hydrogen) atoms. The van der Waals surface area contributed by atoms with Crippen molar-refractivity contribution in [3.63, 3.8) is 0 Å². The first-order valence-corrected chi connectivity index (χ1v) is 5.90. The monoisotopic (exact) mass is 267 g/mol. The Balaban J connectivity index is 1.69. The van der Waals surface area contributed by atoms with E-state index in [0.717, 1.165) is 6.54 Å². The van der Waals surface area contributed by atoms with Gasteiger partial charge in [-0.05, 0) is 18.8 Å². The van der Waals surface area contributed by atoms with Gasteiger partial charge in [0.25, 0.3) is 11.8 Å². The van der Waals surface area contributed by atoms with Crippen molar-refractivity contribution in [3.05, 3.63) is 18.3 Å². The number of hydrogen-bond acceptors (Lipinski definition) is 6. The highest BCUT2D eigenvalue weighted by molar-refractivity contribution is 5.50. The summed E-state index contributed by atoms with van der Waals surface area (Å²) in [6.07, 6.45) is 2.63. The van der Waals surface area contributed by atoms with Crippen LogP contribution in [0.5, 0.6) is 0 Å². The van der Waals surface area contributed by atoms with Crippen molar-refractivity contribution in [2.75, 3.05) is 11.9 Å². The van der Waals surface area contributed by atoms with Crippen LogP contribution in [0.4, 0.5) is 14.7 Å². The average molecular weight is 267 g/mol. The lowest BCUT2D eigenvalue weighted by Gasteiger charge is -2.02. The van der Waals surface area contributed by atoms with Crippen molar-refractivity contribution in [2.45, 2.75) is 19.3 Å². The van der Waals surface area contributed by atoms with Gasteiger partial charge in [0.2, 0.25) is 5.95 Å². The van der Waals surface area contributed by atoms with E-state index in [1.165, 1.54) is 25.2 Å². The molecule has 0 radical (unpaired) electrons. The summed E-state index contributed by atoms with van der Waals surface area (Å²) in [5.74, 6) is 0.507. The predicted octanol–water partition coefficient (Wildman–Crippen LogP) is 2.29. The molecule has 1 aliphatic rings. The molecule has 0 amide bonds. The van der Waals surface area contributed by atoms with Gasteiger partial charge in [-0.3, -0.25) is 0 Å². The molecule has 0 aromatic carbocycles. The van der Waals surface area contributed by atoms with Gasteiger partial charge < -0.3 is 9.73 Å². The van der Waals surface area contributed by atoms with Crippen molar-refractivity contribution >= 4 is 5.95 Å². The Kier molecular flexibility index (Phi) is 3.06. The third-order valence-electron chi connectivity index (χ3n) is 2.77. The molecule has 0 aliphatic heterocycles. The summed E-state index contributed by atoms with van der Waals surface area (Å²) in [7, 11) is 0. The number of hydrogen-bond donors (Lipinski definition) is 1. The zero-order valence-electron chi connectivity index (χ0n) is 9.88. The molecule has 2 aromatic rings. The maximum Gasteiger partial charge on any atom is 0.314 e. The summed E-state index contributed by atoms with van der Waals surface area (Å²) in [6.45, 7) is 0.857. The molecule has 6 nitrogen and oxygen atoms in total. The topological polar surface area (TPSA) is 76.7 Å². The number of aromatic nitrogens is 4. The first kappa shape index (κ1) is 11.9. The lowest BCUT2D eigenvalue weighted by atomic mass is 10.3. The lowest BCUT2D eigenvalue weighted by Crippen LogP contribution is -2.06. The van der Waals surface area contributed by atoms with Crippen LogP contribution < -0.4 is 5.32 Å². The van der Waals surface area contributed by atoms with Crippen molar-refractivity contribution in [2.24, 2.45) is 5.92 Å². The van der Waals surface area contributed by atoms with E-state index in [9.17, 15) is 8.78 Å². The molecule has 2 heterocycles. The summed E-state index contributed by atoms with van der Waals surface area (Å²) in [6, 6.07) is 0. The van der Waals surface area contributed by atoms with E-state index in [2.05, 4.69) is 25.5 Å². The van der Waals surface area contributed by atoms with Gasteiger partial charge in [-0.1, -0.05) is 0 Å². The van der Waals surface area contributed by atoms with Crippen LogP contribution >= 0.6 is 0 Å². The van der Waals surface area contributed by atoms with Crippen LogP contribution in [-0.4, -0.2) is 26.7 Å². The normalized spacial score (nSPS) is 14.9. The molecule has 1 aliphatic carbocycles. The molecule has 2 aromatic heterocycles. The highest BCUT2D eigenvalue weighted by atomic mass is 19.3. The third kappa shape index (κ3) is 2.83. The molecular weight excluding hydrogens is 256 g/mol. The SMILES string of the molecule is FC(F)c1nnc(-c2cnc(NCC3CC3)nc2)o1. The van der Waals surface area contributed by atoms with Crippen LogP contribution in [0.15, 0.2) is 16.8 Å². The third-order valence-corrected chi connectivity index (χ3v) is 2.77. The highest BCUT2D eigenvalue weighted by Crippen LogP contribution is 2.28. The molecule has 3 rings (SSSR count). The second kappa shape index (κ2) is 4.87. The van der Waals surface area contributed by atoms with E-state index in [1.807, 2.05) is 0 Å². The minimum Gasteiger partial charge on any atom is -0.415 e. The van der Waals surface area contributed by atoms with Crippen molar-refractivity contribution in [3.8, 4) is 11.5 Å². The predicted molar refractivity (Wildman–Crippen MR) is 61.5 cm³/mol. The second-order valence-corrected chi connectivity index (χ2v) is 4.37. The Labute approximate surface area is 107 Å². The number of nitrogens with zero attached hydrogens (tertiary/aromatic N) is 4. The zero-order valence-corrected chi connectivity index (χ0v) is 9.88. The fourth-order valence-electron chi connectivity index (χ4n) is 1.53. The van der Waals surface area contributed by atoms with Crippen LogP contribution in [-0.2, 0) is 0 Å². The standard InChI is InChI=1S/C11H11F2N5O/c12-8(13)10-18-17-9(19-10)7-4-15-11(16-5-7)14-3-6-1-2-6/h4-6,8H,1-3H2,(H,14,15,16). The van der Waals surface area contributed by atoms with Gasteiger partial charge in [0.1, 0.15) is 0 Å². The van der Waals surface area contributed by atoms with Crippen molar-refractivity contribution in [1.82, 2.24) is 20.2 Å². The molecule has 1 N–H and O–H groups in total. The minimum atomic E-state index is -2.78. The first-order chi connectivity index (χ1) is 9.22. The Morgan fingerprint density at radius 1 is 1.26 bits per heavy atom. The molecular formula is C11H11F2N5O. The molecule has 0 spiro atoms. The molecule has 0 atom stereocenters. The van der Waals surface area contributed by atoms with E-state index in [4.69, 9.17) is 4.42 Å². The highest BCUT2D eigenvalue weighted by Gasteiger charge is 2.21. The van der Waals surface area contributed by atoms with E-state index in [0.29, 0.717) is 17.4 Å². The molecule has 0 saturated heterocycles. The van der Waals surface area contributed by atoms with E-state index < -0.39 is 12.3 Å². The molecule has 100 valence electrons. The molecule has 8 heteroatoms. The Bertz CT molecular complexity index is 552. The lowest BCUT2D eigenvalue weighted by molar-refractivity contribution is 0.116. The van der Waals surface area contributed by atoms with Crippen LogP contribution in [0.3, 0.4) is 0 Å². The van der Waals surface area contributed by atoms with Crippen LogP contribution in [0.2, 0.25) is 0 Å². The Morgan fingerprint density at radius 2 is 2.00 bits per heavy atom. The van der Waals surface area contributed by atoms with E-state index in [1.54, 1.807) is 0 Å². The van der Waals surface area contributed by atoms with E-state index >= 15 is 0 Å². The van der Waals surface area contributed by atoms with Gasteiger partial charge in [-0.15, -0.1) is 10.2 Å². The van der Waals surface area contributed by atoms with Gasteiger partial charge in [0.15, 0.2) is 0 Å². The second-order valence-electron chi connectivity index (χ2n) is 4.37. The number of halogens is 2. The van der Waals surface area contributed by atoms with E-state index in [-0.39, 0.29) is 5.89 Å². The van der Waals surface area contributed by atoms with Crippen LogP contribution in [0.25, 0.3) is 11.5 Å². The number of nitrogens with one attached hydrogen (secondary N) is 1. The van der Waals surface area contributed by atoms with Gasteiger partial charge in [0, 0.05) is 18.9 Å². The maximum absolute atomic E-state index is 12.3. The molecule has 1 fully saturated rings. The summed E-state index contributed by atoms with van der Waals surface area (Å²) in [4.78, 5) is 8.14. The fraction of sp³-hybridized carbons (Fsp3) is 0.455. The summed E-state index contributed by atoms with van der Waals surface area (Å²) < 4.78 is 29.4. The average Bonchev–Trinajstić information content (AvgIpc) is 3.11. The molecule has 1 saturated carbocycles. The largest absolute Gasteiger partial charge is 0.415 e. The van der Waals surface area contributed by atoms with Gasteiger partial charge in [-0.25, -0.2) is 9.97 Å². The quantitative estimate of drug-likeness (QED) is 0.895. The van der Waals surface area contributed by atoms with Crippen molar-refractivity contribution in [1.29, 1.82) is 0 Å². The number of anilines is 1. The smallest absolute Gasteiger partial charge is 0.314 e. The van der Waals surface area contributed by atoms with Gasteiger partial charge in [0.05, 0.1) is 5.56 Å². The maximum atomic E-state index is 12.3. The fourth-order valence-corrected chi connectivity index (χ4v) is 1.53. The number of alkyl halides is 2. The van der Waals surface area contributed by atoms with Crippen LogP contribution in [0, 0.1) is 5.92 Å². The molecule has 0 unspecified atom stereocenters. The summed E-state index contributed by atoms with van der Waals surface area (Å²) in [5, 5.41) is 9.87. The number of rotatable bonds is 5. The first-order valence-electron chi connectivity index (χ1n) is 5.90. The van der Waals surface area contributed by atoms with Crippen LogP contribution in [0.1, 0.15) is 25.2 Å². The zero-order chi connectivity index (χ0) is 13.2. The summed E-state index contributed by atoms with van der Waals surface area (Å²) >= 11 is 0. The van der Waals surface area contributed by atoms with Gasteiger partial charge >= 0.3 is 6.43 Å². The van der Waals surface area contributed by atoms with Gasteiger partial charge in [-0.2, -0.15) is 8.78 Å². The minimum absolute atomic E-state index is 0.0101.